The molecule has 0 spiro atoms. The SMILES string of the molecule is CCNC(Cn1nc2ccccn2c1=O)C1CCOC1. The molecule has 0 aliphatic carbocycles. The summed E-state index contributed by atoms with van der Waals surface area (Å²) < 4.78 is 8.59. The van der Waals surface area contributed by atoms with Crippen LogP contribution in [0.4, 0.5) is 0 Å². The Morgan fingerprint density at radius 2 is 2.45 bits per heavy atom. The quantitative estimate of drug-likeness (QED) is 0.864. The van der Waals surface area contributed by atoms with Crippen LogP contribution < -0.4 is 11.0 Å². The molecule has 20 heavy (non-hydrogen) atoms. The average Bonchev–Trinajstić information content (AvgIpc) is 3.08. The molecule has 0 amide bonds. The van der Waals surface area contributed by atoms with Crippen molar-refractivity contribution in [1.29, 1.82) is 0 Å². The van der Waals surface area contributed by atoms with Gasteiger partial charge in [0.05, 0.1) is 13.2 Å². The van der Waals surface area contributed by atoms with Crippen LogP contribution in [0, 0.1) is 5.92 Å². The number of rotatable bonds is 5. The molecule has 0 bridgehead atoms. The Morgan fingerprint density at radius 3 is 3.15 bits per heavy atom. The number of ether oxygens (including phenoxy) is 1. The van der Waals surface area contributed by atoms with Crippen LogP contribution in [0.15, 0.2) is 29.2 Å². The number of pyridine rings is 1. The molecule has 3 heterocycles. The Balaban J connectivity index is 1.86. The van der Waals surface area contributed by atoms with Gasteiger partial charge in [-0.05, 0) is 25.1 Å². The molecule has 6 nitrogen and oxygen atoms in total. The maximum absolute atomic E-state index is 12.3. The fraction of sp³-hybridized carbons (Fsp3) is 0.571. The Kier molecular flexibility index (Phi) is 3.84. The van der Waals surface area contributed by atoms with E-state index in [1.807, 2.05) is 18.2 Å². The zero-order chi connectivity index (χ0) is 13.9. The monoisotopic (exact) mass is 276 g/mol. The van der Waals surface area contributed by atoms with Crippen molar-refractivity contribution in [3.63, 3.8) is 0 Å². The van der Waals surface area contributed by atoms with E-state index in [1.54, 1.807) is 15.3 Å². The molecule has 0 aromatic carbocycles. The van der Waals surface area contributed by atoms with Gasteiger partial charge in [-0.2, -0.15) is 0 Å². The van der Waals surface area contributed by atoms with E-state index in [4.69, 9.17) is 4.74 Å². The predicted molar refractivity (Wildman–Crippen MR) is 75.8 cm³/mol. The second-order valence-corrected chi connectivity index (χ2v) is 5.18. The molecular formula is C14H20N4O2. The predicted octanol–water partition coefficient (Wildman–Crippen LogP) is 0.511. The van der Waals surface area contributed by atoms with E-state index in [0.717, 1.165) is 26.2 Å². The molecule has 2 aromatic rings. The minimum absolute atomic E-state index is 0.0811. The molecule has 108 valence electrons. The lowest BCUT2D eigenvalue weighted by Crippen LogP contribution is -2.42. The maximum Gasteiger partial charge on any atom is 0.350 e. The van der Waals surface area contributed by atoms with E-state index >= 15 is 0 Å². The van der Waals surface area contributed by atoms with Gasteiger partial charge in [0.2, 0.25) is 0 Å². The van der Waals surface area contributed by atoms with Gasteiger partial charge in [-0.1, -0.05) is 13.0 Å². The lowest BCUT2D eigenvalue weighted by molar-refractivity contribution is 0.173. The highest BCUT2D eigenvalue weighted by molar-refractivity contribution is 5.35. The summed E-state index contributed by atoms with van der Waals surface area (Å²) in [4.78, 5) is 12.3. The standard InChI is InChI=1S/C14H20N4O2/c1-2-15-12(11-6-8-20-10-11)9-18-14(19)17-7-4-3-5-13(17)16-18/h3-5,7,11-12,15H,2,6,8-10H2,1H3. The second-order valence-electron chi connectivity index (χ2n) is 5.18. The molecule has 1 fully saturated rings. The summed E-state index contributed by atoms with van der Waals surface area (Å²) in [6, 6.07) is 5.80. The Bertz CT molecular complexity index is 627. The number of likely N-dealkylation sites (N-methyl/N-ethyl adjacent to an activating group) is 1. The molecular weight excluding hydrogens is 256 g/mol. The molecule has 6 heteroatoms. The van der Waals surface area contributed by atoms with Gasteiger partial charge >= 0.3 is 5.69 Å². The van der Waals surface area contributed by atoms with Crippen LogP contribution in [-0.2, 0) is 11.3 Å². The topological polar surface area (TPSA) is 60.6 Å². The first kappa shape index (κ1) is 13.3. The first-order valence-corrected chi connectivity index (χ1v) is 7.15. The van der Waals surface area contributed by atoms with Crippen molar-refractivity contribution in [3.8, 4) is 0 Å². The average molecular weight is 276 g/mol. The summed E-state index contributed by atoms with van der Waals surface area (Å²) in [6.45, 7) is 5.12. The third-order valence-electron chi connectivity index (χ3n) is 3.86. The van der Waals surface area contributed by atoms with Crippen molar-refractivity contribution in [2.75, 3.05) is 19.8 Å². The third-order valence-corrected chi connectivity index (χ3v) is 3.86. The molecule has 1 aliphatic heterocycles. The second kappa shape index (κ2) is 5.76. The summed E-state index contributed by atoms with van der Waals surface area (Å²) >= 11 is 0. The van der Waals surface area contributed by atoms with Gasteiger partial charge in [0.15, 0.2) is 5.65 Å². The van der Waals surface area contributed by atoms with Crippen molar-refractivity contribution in [3.05, 3.63) is 34.9 Å². The van der Waals surface area contributed by atoms with Crippen LogP contribution in [0.3, 0.4) is 0 Å². The summed E-state index contributed by atoms with van der Waals surface area (Å²) in [5, 5.41) is 7.85. The fourth-order valence-electron chi connectivity index (χ4n) is 2.79. The van der Waals surface area contributed by atoms with Crippen molar-refractivity contribution in [1.82, 2.24) is 19.5 Å². The van der Waals surface area contributed by atoms with Crippen LogP contribution >= 0.6 is 0 Å². The van der Waals surface area contributed by atoms with Crippen molar-refractivity contribution < 1.29 is 4.74 Å². The number of hydrogen-bond donors (Lipinski definition) is 1. The highest BCUT2D eigenvalue weighted by Crippen LogP contribution is 2.17. The highest BCUT2D eigenvalue weighted by atomic mass is 16.5. The molecule has 0 radical (unpaired) electrons. The smallest absolute Gasteiger partial charge is 0.350 e. The number of nitrogens with one attached hydrogen (secondary N) is 1. The van der Waals surface area contributed by atoms with Crippen molar-refractivity contribution >= 4 is 5.65 Å². The van der Waals surface area contributed by atoms with Gasteiger partial charge in [-0.25, -0.2) is 9.48 Å². The molecule has 0 saturated carbocycles. The number of aromatic nitrogens is 3. The van der Waals surface area contributed by atoms with Crippen LogP contribution in [0.5, 0.6) is 0 Å². The van der Waals surface area contributed by atoms with Crippen LogP contribution in [0.2, 0.25) is 0 Å². The molecule has 2 aromatic heterocycles. The third kappa shape index (κ3) is 2.48. The zero-order valence-electron chi connectivity index (χ0n) is 11.7. The van der Waals surface area contributed by atoms with E-state index in [9.17, 15) is 4.79 Å². The number of hydrogen-bond acceptors (Lipinski definition) is 4. The minimum atomic E-state index is -0.0811. The van der Waals surface area contributed by atoms with Gasteiger partial charge in [0.1, 0.15) is 0 Å². The Morgan fingerprint density at radius 1 is 1.55 bits per heavy atom. The number of fused-ring (bicyclic) bond motifs is 1. The lowest BCUT2D eigenvalue weighted by atomic mass is 9.99. The van der Waals surface area contributed by atoms with Crippen LogP contribution in [0.25, 0.3) is 5.65 Å². The van der Waals surface area contributed by atoms with Gasteiger partial charge in [0, 0.05) is 24.8 Å². The fourth-order valence-corrected chi connectivity index (χ4v) is 2.79. The van der Waals surface area contributed by atoms with Gasteiger partial charge < -0.3 is 10.1 Å². The largest absolute Gasteiger partial charge is 0.381 e. The normalized spacial score (nSPS) is 20.6. The zero-order valence-corrected chi connectivity index (χ0v) is 11.7. The lowest BCUT2D eigenvalue weighted by Gasteiger charge is -2.22. The Labute approximate surface area is 117 Å². The first-order chi connectivity index (χ1) is 9.79. The first-order valence-electron chi connectivity index (χ1n) is 7.15. The van der Waals surface area contributed by atoms with E-state index in [-0.39, 0.29) is 11.7 Å². The van der Waals surface area contributed by atoms with Gasteiger partial charge in [-0.3, -0.25) is 4.40 Å². The van der Waals surface area contributed by atoms with Crippen LogP contribution in [0.1, 0.15) is 13.3 Å². The molecule has 2 unspecified atom stereocenters. The molecule has 3 rings (SSSR count). The molecule has 1 N–H and O–H groups in total. The summed E-state index contributed by atoms with van der Waals surface area (Å²) in [7, 11) is 0. The van der Waals surface area contributed by atoms with Gasteiger partial charge in [0.25, 0.3) is 0 Å². The summed E-state index contributed by atoms with van der Waals surface area (Å²) in [5.41, 5.74) is 0.609. The number of nitrogens with zero attached hydrogens (tertiary/aromatic N) is 3. The van der Waals surface area contributed by atoms with Crippen LogP contribution in [-0.4, -0.2) is 40.0 Å². The summed E-state index contributed by atoms with van der Waals surface area (Å²) in [6.07, 6.45) is 2.79. The maximum atomic E-state index is 12.3. The Hall–Kier alpha value is -1.66. The van der Waals surface area contributed by atoms with E-state index < -0.39 is 0 Å². The van der Waals surface area contributed by atoms with Crippen molar-refractivity contribution in [2.45, 2.75) is 25.9 Å². The van der Waals surface area contributed by atoms with Gasteiger partial charge in [-0.15, -0.1) is 5.10 Å². The molecule has 1 saturated heterocycles. The minimum Gasteiger partial charge on any atom is -0.381 e. The van der Waals surface area contributed by atoms with E-state index in [2.05, 4.69) is 17.3 Å². The summed E-state index contributed by atoms with van der Waals surface area (Å²) in [5.74, 6) is 0.451. The van der Waals surface area contributed by atoms with E-state index in [0.29, 0.717) is 18.1 Å². The molecule has 1 aliphatic rings. The highest BCUT2D eigenvalue weighted by Gasteiger charge is 2.26. The molecule has 2 atom stereocenters. The van der Waals surface area contributed by atoms with E-state index in [1.165, 1.54) is 0 Å². The van der Waals surface area contributed by atoms with Crippen molar-refractivity contribution in [2.24, 2.45) is 5.92 Å².